The zero-order valence-electron chi connectivity index (χ0n) is 13.3. The van der Waals surface area contributed by atoms with Gasteiger partial charge in [-0.1, -0.05) is 16.8 Å². The number of alkyl halides is 3. The van der Waals surface area contributed by atoms with Gasteiger partial charge in [-0.2, -0.15) is 13.2 Å². The van der Waals surface area contributed by atoms with Crippen LogP contribution in [0, 0.1) is 6.92 Å². The molecule has 1 N–H and O–H groups in total. The van der Waals surface area contributed by atoms with Crippen molar-refractivity contribution in [2.75, 3.05) is 5.32 Å². The van der Waals surface area contributed by atoms with E-state index in [1.54, 1.807) is 24.3 Å². The van der Waals surface area contributed by atoms with E-state index in [1.807, 2.05) is 0 Å². The molecule has 5 nitrogen and oxygen atoms in total. The zero-order valence-corrected chi connectivity index (χ0v) is 14.0. The lowest BCUT2D eigenvalue weighted by Crippen LogP contribution is -2.13. The summed E-state index contributed by atoms with van der Waals surface area (Å²) in [5.41, 5.74) is -0.0853. The second-order valence-corrected chi connectivity index (χ2v) is 5.79. The number of pyridine rings is 1. The number of amides is 1. The third-order valence-corrected chi connectivity index (χ3v) is 3.77. The summed E-state index contributed by atoms with van der Waals surface area (Å²) in [6.07, 6.45) is -3.55. The van der Waals surface area contributed by atoms with E-state index >= 15 is 0 Å². The minimum Gasteiger partial charge on any atom is -0.360 e. The lowest BCUT2D eigenvalue weighted by molar-refractivity contribution is -0.141. The third-order valence-electron chi connectivity index (χ3n) is 3.52. The maximum Gasteiger partial charge on any atom is 0.433 e. The van der Waals surface area contributed by atoms with Crippen LogP contribution >= 0.6 is 11.6 Å². The smallest absolute Gasteiger partial charge is 0.360 e. The topological polar surface area (TPSA) is 68.0 Å². The Labute approximate surface area is 150 Å². The second-order valence-electron chi connectivity index (χ2n) is 5.35. The van der Waals surface area contributed by atoms with Gasteiger partial charge in [-0.15, -0.1) is 0 Å². The Morgan fingerprint density at radius 3 is 2.42 bits per heavy atom. The highest BCUT2D eigenvalue weighted by Crippen LogP contribution is 2.30. The summed E-state index contributed by atoms with van der Waals surface area (Å²) in [4.78, 5) is 15.9. The van der Waals surface area contributed by atoms with Gasteiger partial charge in [-0.25, -0.2) is 0 Å². The van der Waals surface area contributed by atoms with E-state index in [1.165, 1.54) is 13.0 Å². The number of anilines is 1. The molecule has 0 bridgehead atoms. The van der Waals surface area contributed by atoms with Crippen molar-refractivity contribution in [2.45, 2.75) is 13.1 Å². The molecule has 3 rings (SSSR count). The second kappa shape index (κ2) is 6.80. The number of hydrogen-bond acceptors (Lipinski definition) is 4. The number of nitrogens with zero attached hydrogens (tertiary/aromatic N) is 2. The summed E-state index contributed by atoms with van der Waals surface area (Å²) in [5.74, 6) is -0.285. The molecule has 26 heavy (non-hydrogen) atoms. The number of nitrogens with one attached hydrogen (secondary N) is 1. The number of rotatable bonds is 3. The molecule has 2 heterocycles. The van der Waals surface area contributed by atoms with Crippen molar-refractivity contribution in [3.05, 3.63) is 64.6 Å². The van der Waals surface area contributed by atoms with Crippen LogP contribution in [0.15, 0.2) is 47.1 Å². The number of benzene rings is 1. The van der Waals surface area contributed by atoms with E-state index < -0.39 is 17.8 Å². The molecule has 0 radical (unpaired) electrons. The molecule has 0 saturated heterocycles. The van der Waals surface area contributed by atoms with Crippen molar-refractivity contribution in [3.63, 3.8) is 0 Å². The van der Waals surface area contributed by atoms with E-state index in [2.05, 4.69) is 15.5 Å². The average molecular weight is 382 g/mol. The van der Waals surface area contributed by atoms with Gasteiger partial charge in [0, 0.05) is 22.5 Å². The fourth-order valence-electron chi connectivity index (χ4n) is 2.27. The van der Waals surface area contributed by atoms with E-state index in [0.29, 0.717) is 10.7 Å². The number of carbonyl (C=O) groups excluding carboxylic acids is 1. The lowest BCUT2D eigenvalue weighted by Gasteiger charge is -2.07. The summed E-state index contributed by atoms with van der Waals surface area (Å²) in [7, 11) is 0. The van der Waals surface area contributed by atoms with Crippen molar-refractivity contribution in [1.82, 2.24) is 10.1 Å². The van der Waals surface area contributed by atoms with E-state index in [4.69, 9.17) is 16.1 Å². The Morgan fingerprint density at radius 1 is 1.15 bits per heavy atom. The molecule has 134 valence electrons. The van der Waals surface area contributed by atoms with Crippen LogP contribution in [0.3, 0.4) is 0 Å². The fraction of sp³-hybridized carbons (Fsp3) is 0.118. The van der Waals surface area contributed by atoms with Crippen LogP contribution in [0.25, 0.3) is 11.3 Å². The van der Waals surface area contributed by atoms with Gasteiger partial charge in [0.2, 0.25) is 0 Å². The van der Waals surface area contributed by atoms with Gasteiger partial charge >= 0.3 is 6.18 Å². The van der Waals surface area contributed by atoms with Crippen molar-refractivity contribution in [1.29, 1.82) is 0 Å². The van der Waals surface area contributed by atoms with Crippen LogP contribution < -0.4 is 5.32 Å². The summed E-state index contributed by atoms with van der Waals surface area (Å²) in [5, 5.41) is 6.95. The quantitative estimate of drug-likeness (QED) is 0.695. The average Bonchev–Trinajstić information content (AvgIpc) is 2.98. The molecule has 0 fully saturated rings. The van der Waals surface area contributed by atoms with Crippen LogP contribution in [0.5, 0.6) is 0 Å². The van der Waals surface area contributed by atoms with E-state index in [-0.39, 0.29) is 22.6 Å². The summed E-state index contributed by atoms with van der Waals surface area (Å²) >= 11 is 5.80. The molecule has 0 aliphatic heterocycles. The third kappa shape index (κ3) is 3.70. The summed E-state index contributed by atoms with van der Waals surface area (Å²) < 4.78 is 42.9. The predicted molar refractivity (Wildman–Crippen MR) is 88.9 cm³/mol. The summed E-state index contributed by atoms with van der Waals surface area (Å²) in [6, 6.07) is 8.45. The zero-order chi connectivity index (χ0) is 18.9. The highest BCUT2D eigenvalue weighted by Gasteiger charge is 2.32. The van der Waals surface area contributed by atoms with Crippen molar-refractivity contribution >= 4 is 23.2 Å². The van der Waals surface area contributed by atoms with Crippen molar-refractivity contribution in [3.8, 4) is 11.3 Å². The maximum atomic E-state index is 12.6. The standard InChI is InChI=1S/C17H11ClF3N3O2/c1-9-14(16(25)23-12-5-3-11(18)4-6-12)15(24-26-9)10-2-7-13(22-8-10)17(19,20)21/h2-8H,1H3,(H,23,25). The first kappa shape index (κ1) is 17.9. The Morgan fingerprint density at radius 2 is 1.85 bits per heavy atom. The first-order valence-corrected chi connectivity index (χ1v) is 7.70. The first-order chi connectivity index (χ1) is 12.3. The largest absolute Gasteiger partial charge is 0.433 e. The molecule has 0 unspecified atom stereocenters. The lowest BCUT2D eigenvalue weighted by atomic mass is 10.1. The van der Waals surface area contributed by atoms with Crippen LogP contribution in [0.4, 0.5) is 18.9 Å². The van der Waals surface area contributed by atoms with E-state index in [9.17, 15) is 18.0 Å². The Bertz CT molecular complexity index is 935. The van der Waals surface area contributed by atoms with Gasteiger partial charge in [0.25, 0.3) is 5.91 Å². The molecule has 0 saturated carbocycles. The highest BCUT2D eigenvalue weighted by atomic mass is 35.5. The molecular formula is C17H11ClF3N3O2. The Kier molecular flexibility index (Phi) is 4.69. The molecule has 9 heteroatoms. The minimum absolute atomic E-state index is 0.107. The van der Waals surface area contributed by atoms with Crippen molar-refractivity contribution < 1.29 is 22.5 Å². The number of aromatic nitrogens is 2. The van der Waals surface area contributed by atoms with Crippen LogP contribution in [0.2, 0.25) is 5.02 Å². The Balaban J connectivity index is 1.91. The minimum atomic E-state index is -4.55. The molecule has 2 aromatic heterocycles. The highest BCUT2D eigenvalue weighted by molar-refractivity contribution is 6.30. The van der Waals surface area contributed by atoms with Gasteiger partial charge in [-0.3, -0.25) is 9.78 Å². The van der Waals surface area contributed by atoms with Gasteiger partial charge in [0.15, 0.2) is 0 Å². The van der Waals surface area contributed by atoms with Crippen LogP contribution in [-0.2, 0) is 6.18 Å². The van der Waals surface area contributed by atoms with Gasteiger partial charge in [0.05, 0.1) is 0 Å². The predicted octanol–water partition coefficient (Wildman–Crippen LogP) is 4.97. The van der Waals surface area contributed by atoms with Gasteiger partial charge < -0.3 is 9.84 Å². The normalized spacial score (nSPS) is 11.4. The molecule has 3 aromatic rings. The summed E-state index contributed by atoms with van der Waals surface area (Å²) in [6.45, 7) is 1.53. The molecule has 1 amide bonds. The van der Waals surface area contributed by atoms with Gasteiger partial charge in [-0.05, 0) is 43.3 Å². The molecule has 0 aliphatic carbocycles. The van der Waals surface area contributed by atoms with Crippen LogP contribution in [0.1, 0.15) is 21.8 Å². The number of carbonyl (C=O) groups is 1. The number of aryl methyl sites for hydroxylation is 1. The SMILES string of the molecule is Cc1onc(-c2ccc(C(F)(F)F)nc2)c1C(=O)Nc1ccc(Cl)cc1. The number of halogens is 4. The molecule has 0 aliphatic rings. The number of hydrogen-bond donors (Lipinski definition) is 1. The fourth-order valence-corrected chi connectivity index (χ4v) is 2.39. The molecular weight excluding hydrogens is 371 g/mol. The van der Waals surface area contributed by atoms with E-state index in [0.717, 1.165) is 12.3 Å². The van der Waals surface area contributed by atoms with Crippen molar-refractivity contribution in [2.24, 2.45) is 0 Å². The molecule has 0 spiro atoms. The van der Waals surface area contributed by atoms with Crippen LogP contribution in [-0.4, -0.2) is 16.0 Å². The molecule has 0 atom stereocenters. The first-order valence-electron chi connectivity index (χ1n) is 7.32. The monoisotopic (exact) mass is 381 g/mol. The molecule has 1 aromatic carbocycles. The maximum absolute atomic E-state index is 12.6. The Hall–Kier alpha value is -2.87. The van der Waals surface area contributed by atoms with Gasteiger partial charge in [0.1, 0.15) is 22.7 Å².